The van der Waals surface area contributed by atoms with Crippen LogP contribution in [0.4, 0.5) is 0 Å². The summed E-state index contributed by atoms with van der Waals surface area (Å²) in [4.78, 5) is 29.2. The van der Waals surface area contributed by atoms with Crippen LogP contribution >= 0.6 is 11.3 Å². The number of likely N-dealkylation sites (tertiary alicyclic amines) is 1. The number of rotatable bonds is 4. The van der Waals surface area contributed by atoms with Gasteiger partial charge in [-0.25, -0.2) is 15.0 Å². The Morgan fingerprint density at radius 3 is 2.66 bits per heavy atom. The van der Waals surface area contributed by atoms with E-state index in [9.17, 15) is 4.79 Å². The molecule has 1 aliphatic rings. The number of hydrogen-bond donors (Lipinski definition) is 0. The van der Waals surface area contributed by atoms with E-state index in [0.29, 0.717) is 24.8 Å². The minimum Gasteiger partial charge on any atom is -0.351 e. The van der Waals surface area contributed by atoms with Crippen molar-refractivity contribution < 1.29 is 9.32 Å². The van der Waals surface area contributed by atoms with Gasteiger partial charge in [0, 0.05) is 31.3 Å². The molecule has 3 aromatic heterocycles. The molecule has 4 rings (SSSR count). The van der Waals surface area contributed by atoms with Gasteiger partial charge in [-0.15, -0.1) is 11.3 Å². The number of amides is 1. The molecule has 0 radical (unpaired) electrons. The van der Waals surface area contributed by atoms with Gasteiger partial charge in [0.15, 0.2) is 0 Å². The Morgan fingerprint density at radius 1 is 1.24 bits per heavy atom. The molecule has 1 saturated heterocycles. The lowest BCUT2D eigenvalue weighted by Crippen LogP contribution is -2.37. The van der Waals surface area contributed by atoms with Gasteiger partial charge in [-0.1, -0.05) is 19.0 Å². The maximum Gasteiger partial charge on any atom is 0.292 e. The van der Waals surface area contributed by atoms with Crippen LogP contribution in [-0.2, 0) is 0 Å². The molecular formula is C21H25N5O2S. The molecule has 8 heteroatoms. The molecule has 1 amide bonds. The van der Waals surface area contributed by atoms with Crippen molar-refractivity contribution in [3.63, 3.8) is 0 Å². The standard InChI is InChI=1S/C21H25N5O2S/c1-12(2)17-11-18(28-25-17)21(27)26-9-6-15(7-10-26)20-23-13(3)19(29-20)16-5-8-22-14(4)24-16/h5,8,11-12,15H,6-7,9-10H2,1-4H3. The summed E-state index contributed by atoms with van der Waals surface area (Å²) in [6, 6.07) is 3.70. The molecule has 7 nitrogen and oxygen atoms in total. The number of piperidine rings is 1. The lowest BCUT2D eigenvalue weighted by atomic mass is 9.97. The van der Waals surface area contributed by atoms with Gasteiger partial charge < -0.3 is 9.42 Å². The molecule has 0 N–H and O–H groups in total. The summed E-state index contributed by atoms with van der Waals surface area (Å²) in [5.41, 5.74) is 2.75. The zero-order valence-corrected chi connectivity index (χ0v) is 18.0. The van der Waals surface area contributed by atoms with Crippen molar-refractivity contribution in [3.8, 4) is 10.6 Å². The third kappa shape index (κ3) is 4.07. The van der Waals surface area contributed by atoms with E-state index in [1.165, 1.54) is 0 Å². The smallest absolute Gasteiger partial charge is 0.292 e. The van der Waals surface area contributed by atoms with E-state index in [1.807, 2.05) is 38.7 Å². The van der Waals surface area contributed by atoms with Gasteiger partial charge in [0.2, 0.25) is 5.76 Å². The van der Waals surface area contributed by atoms with Crippen molar-refractivity contribution in [1.29, 1.82) is 0 Å². The first-order chi connectivity index (χ1) is 13.9. The molecule has 152 valence electrons. The number of aromatic nitrogens is 4. The Bertz CT molecular complexity index is 1020. The van der Waals surface area contributed by atoms with Crippen LogP contribution in [0.15, 0.2) is 22.9 Å². The number of carbonyl (C=O) groups excluding carboxylic acids is 1. The van der Waals surface area contributed by atoms with Crippen LogP contribution < -0.4 is 0 Å². The first-order valence-corrected chi connectivity index (χ1v) is 10.8. The summed E-state index contributed by atoms with van der Waals surface area (Å²) < 4.78 is 5.27. The summed E-state index contributed by atoms with van der Waals surface area (Å²) in [6.07, 6.45) is 3.58. The molecule has 4 heterocycles. The van der Waals surface area contributed by atoms with Crippen LogP contribution in [-0.4, -0.2) is 44.0 Å². The second-order valence-corrected chi connectivity index (χ2v) is 8.82. The van der Waals surface area contributed by atoms with Crippen LogP contribution in [0.3, 0.4) is 0 Å². The van der Waals surface area contributed by atoms with Crippen LogP contribution in [0.1, 0.15) is 71.3 Å². The molecule has 3 aromatic rings. The Kier molecular flexibility index (Phi) is 5.45. The fourth-order valence-corrected chi connectivity index (χ4v) is 4.77. The van der Waals surface area contributed by atoms with Crippen LogP contribution in [0.25, 0.3) is 10.6 Å². The van der Waals surface area contributed by atoms with Gasteiger partial charge in [-0.3, -0.25) is 4.79 Å². The summed E-state index contributed by atoms with van der Waals surface area (Å²) >= 11 is 1.71. The SMILES string of the molecule is Cc1nccc(-c2sc(C3CCN(C(=O)c4cc(C(C)C)no4)CC3)nc2C)n1. The minimum atomic E-state index is -0.0738. The van der Waals surface area contributed by atoms with Crippen molar-refractivity contribution in [3.05, 3.63) is 46.3 Å². The van der Waals surface area contributed by atoms with Crippen LogP contribution in [0.2, 0.25) is 0 Å². The maximum absolute atomic E-state index is 12.7. The summed E-state index contributed by atoms with van der Waals surface area (Å²) in [6.45, 7) is 9.38. The van der Waals surface area contributed by atoms with Gasteiger partial charge in [0.05, 0.1) is 27.0 Å². The number of aryl methyl sites for hydroxylation is 2. The molecule has 29 heavy (non-hydrogen) atoms. The first kappa shape index (κ1) is 19.7. The number of carbonyl (C=O) groups is 1. The normalized spacial score (nSPS) is 15.3. The highest BCUT2D eigenvalue weighted by Crippen LogP contribution is 2.36. The Morgan fingerprint density at radius 2 is 2.00 bits per heavy atom. The van der Waals surface area contributed by atoms with Gasteiger partial charge in [0.25, 0.3) is 5.91 Å². The van der Waals surface area contributed by atoms with Gasteiger partial charge in [-0.2, -0.15) is 0 Å². The molecule has 0 unspecified atom stereocenters. The highest BCUT2D eigenvalue weighted by atomic mass is 32.1. The van der Waals surface area contributed by atoms with E-state index in [0.717, 1.165) is 45.6 Å². The van der Waals surface area contributed by atoms with E-state index >= 15 is 0 Å². The maximum atomic E-state index is 12.7. The molecule has 0 spiro atoms. The van der Waals surface area contributed by atoms with E-state index in [4.69, 9.17) is 9.51 Å². The lowest BCUT2D eigenvalue weighted by Gasteiger charge is -2.30. The molecule has 0 aromatic carbocycles. The number of hydrogen-bond acceptors (Lipinski definition) is 7. The summed E-state index contributed by atoms with van der Waals surface area (Å²) in [5, 5.41) is 5.13. The van der Waals surface area contributed by atoms with Crippen molar-refractivity contribution >= 4 is 17.2 Å². The van der Waals surface area contributed by atoms with Crippen molar-refractivity contribution in [2.24, 2.45) is 0 Å². The topological polar surface area (TPSA) is 85.0 Å². The fraction of sp³-hybridized carbons (Fsp3) is 0.476. The predicted molar refractivity (Wildman–Crippen MR) is 111 cm³/mol. The average molecular weight is 412 g/mol. The Balaban J connectivity index is 1.43. The van der Waals surface area contributed by atoms with Crippen molar-refractivity contribution in [2.45, 2.75) is 52.4 Å². The third-order valence-electron chi connectivity index (χ3n) is 5.28. The minimum absolute atomic E-state index is 0.0738. The lowest BCUT2D eigenvalue weighted by molar-refractivity contribution is 0.0670. The quantitative estimate of drug-likeness (QED) is 0.635. The third-order valence-corrected chi connectivity index (χ3v) is 6.63. The highest BCUT2D eigenvalue weighted by Gasteiger charge is 2.29. The zero-order chi connectivity index (χ0) is 20.5. The summed E-state index contributed by atoms with van der Waals surface area (Å²) in [5.74, 6) is 1.62. The molecule has 1 aliphatic heterocycles. The largest absolute Gasteiger partial charge is 0.351 e. The molecular weight excluding hydrogens is 386 g/mol. The van der Waals surface area contributed by atoms with Crippen LogP contribution in [0.5, 0.6) is 0 Å². The van der Waals surface area contributed by atoms with Gasteiger partial charge >= 0.3 is 0 Å². The Labute approximate surface area is 174 Å². The highest BCUT2D eigenvalue weighted by molar-refractivity contribution is 7.15. The zero-order valence-electron chi connectivity index (χ0n) is 17.2. The summed E-state index contributed by atoms with van der Waals surface area (Å²) in [7, 11) is 0. The average Bonchev–Trinajstić information content (AvgIpc) is 3.35. The van der Waals surface area contributed by atoms with E-state index in [1.54, 1.807) is 23.6 Å². The van der Waals surface area contributed by atoms with E-state index in [-0.39, 0.29) is 11.8 Å². The molecule has 1 fully saturated rings. The van der Waals surface area contributed by atoms with E-state index < -0.39 is 0 Å². The first-order valence-electron chi connectivity index (χ1n) is 9.95. The van der Waals surface area contributed by atoms with Crippen LogP contribution in [0, 0.1) is 13.8 Å². The second-order valence-electron chi connectivity index (χ2n) is 7.79. The van der Waals surface area contributed by atoms with Gasteiger partial charge in [-0.05, 0) is 38.7 Å². The number of thiazole rings is 1. The molecule has 0 saturated carbocycles. The molecule has 0 bridgehead atoms. The second kappa shape index (κ2) is 8.02. The van der Waals surface area contributed by atoms with Crippen molar-refractivity contribution in [1.82, 2.24) is 25.0 Å². The number of nitrogens with zero attached hydrogens (tertiary/aromatic N) is 5. The molecule has 0 atom stereocenters. The fourth-order valence-electron chi connectivity index (χ4n) is 3.56. The Hall–Kier alpha value is -2.61. The molecule has 0 aliphatic carbocycles. The van der Waals surface area contributed by atoms with Crippen molar-refractivity contribution in [2.75, 3.05) is 13.1 Å². The van der Waals surface area contributed by atoms with Gasteiger partial charge in [0.1, 0.15) is 5.82 Å². The predicted octanol–water partition coefficient (Wildman–Crippen LogP) is 4.35. The van der Waals surface area contributed by atoms with E-state index in [2.05, 4.69) is 15.1 Å². The monoisotopic (exact) mass is 411 g/mol.